The van der Waals surface area contributed by atoms with Crippen molar-refractivity contribution in [3.8, 4) is 0 Å². The first kappa shape index (κ1) is 14.1. The summed E-state index contributed by atoms with van der Waals surface area (Å²) in [5.74, 6) is 0. The van der Waals surface area contributed by atoms with Crippen LogP contribution < -0.4 is 9.91 Å². The van der Waals surface area contributed by atoms with Crippen LogP contribution >= 0.6 is 0 Å². The SMILES string of the molecule is CCN(C)c1ccc(/C=N\N(C)c2ccccc2)cc1. The van der Waals surface area contributed by atoms with Crippen LogP contribution in [0.3, 0.4) is 0 Å². The largest absolute Gasteiger partial charge is 0.375 e. The summed E-state index contributed by atoms with van der Waals surface area (Å²) in [6.07, 6.45) is 1.88. The Morgan fingerprint density at radius 3 is 2.15 bits per heavy atom. The van der Waals surface area contributed by atoms with Gasteiger partial charge >= 0.3 is 0 Å². The normalized spacial score (nSPS) is 10.8. The first-order chi connectivity index (χ1) is 9.70. The third-order valence-electron chi connectivity index (χ3n) is 3.32. The Morgan fingerprint density at radius 2 is 1.55 bits per heavy atom. The molecule has 0 saturated heterocycles. The highest BCUT2D eigenvalue weighted by Crippen LogP contribution is 2.14. The van der Waals surface area contributed by atoms with Crippen LogP contribution in [0, 0.1) is 0 Å². The van der Waals surface area contributed by atoms with Gasteiger partial charge in [-0.05, 0) is 36.8 Å². The molecule has 0 aromatic heterocycles. The van der Waals surface area contributed by atoms with Gasteiger partial charge in [0.1, 0.15) is 0 Å². The molecule has 0 saturated carbocycles. The van der Waals surface area contributed by atoms with Gasteiger partial charge in [-0.2, -0.15) is 5.10 Å². The van der Waals surface area contributed by atoms with E-state index in [0.29, 0.717) is 0 Å². The van der Waals surface area contributed by atoms with Crippen LogP contribution in [0.4, 0.5) is 11.4 Å². The average molecular weight is 267 g/mol. The number of hydrogen-bond donors (Lipinski definition) is 0. The molecule has 0 fully saturated rings. The molecule has 2 aromatic rings. The third-order valence-corrected chi connectivity index (χ3v) is 3.32. The van der Waals surface area contributed by atoms with E-state index in [1.807, 2.05) is 48.6 Å². The van der Waals surface area contributed by atoms with Gasteiger partial charge in [0.15, 0.2) is 0 Å². The molecule has 0 aliphatic carbocycles. The van der Waals surface area contributed by atoms with E-state index in [4.69, 9.17) is 0 Å². The first-order valence-corrected chi connectivity index (χ1v) is 6.84. The topological polar surface area (TPSA) is 18.8 Å². The van der Waals surface area contributed by atoms with E-state index < -0.39 is 0 Å². The third kappa shape index (κ3) is 3.60. The lowest BCUT2D eigenvalue weighted by Gasteiger charge is -2.16. The zero-order valence-corrected chi connectivity index (χ0v) is 12.3. The summed E-state index contributed by atoms with van der Waals surface area (Å²) in [6, 6.07) is 18.5. The summed E-state index contributed by atoms with van der Waals surface area (Å²) in [5, 5.41) is 6.32. The van der Waals surface area contributed by atoms with Crippen molar-refractivity contribution in [2.75, 3.05) is 30.5 Å². The maximum absolute atomic E-state index is 4.45. The van der Waals surface area contributed by atoms with Crippen LogP contribution in [0.2, 0.25) is 0 Å². The fraction of sp³-hybridized carbons (Fsp3) is 0.235. The van der Waals surface area contributed by atoms with E-state index in [1.54, 1.807) is 0 Å². The Hall–Kier alpha value is -2.29. The van der Waals surface area contributed by atoms with Gasteiger partial charge < -0.3 is 4.90 Å². The molecule has 0 N–H and O–H groups in total. The molecular formula is C17H21N3. The molecule has 0 amide bonds. The Kier molecular flexibility index (Phi) is 4.77. The number of hydrogen-bond acceptors (Lipinski definition) is 3. The fourth-order valence-electron chi connectivity index (χ4n) is 1.86. The van der Waals surface area contributed by atoms with Crippen molar-refractivity contribution in [2.24, 2.45) is 5.10 Å². The molecule has 3 nitrogen and oxygen atoms in total. The second-order valence-electron chi connectivity index (χ2n) is 4.71. The van der Waals surface area contributed by atoms with Crippen molar-refractivity contribution in [1.82, 2.24) is 0 Å². The van der Waals surface area contributed by atoms with E-state index in [2.05, 4.69) is 48.2 Å². The zero-order valence-electron chi connectivity index (χ0n) is 12.3. The summed E-state index contributed by atoms with van der Waals surface area (Å²) in [4.78, 5) is 2.21. The summed E-state index contributed by atoms with van der Waals surface area (Å²) in [7, 11) is 4.04. The van der Waals surface area contributed by atoms with Crippen molar-refractivity contribution < 1.29 is 0 Å². The van der Waals surface area contributed by atoms with E-state index in [0.717, 1.165) is 17.8 Å². The van der Waals surface area contributed by atoms with Crippen molar-refractivity contribution in [3.63, 3.8) is 0 Å². The predicted octanol–water partition coefficient (Wildman–Crippen LogP) is 3.61. The lowest BCUT2D eigenvalue weighted by atomic mass is 10.2. The van der Waals surface area contributed by atoms with Crippen molar-refractivity contribution in [3.05, 3.63) is 60.2 Å². The molecule has 0 aliphatic heterocycles. The maximum Gasteiger partial charge on any atom is 0.0590 e. The van der Waals surface area contributed by atoms with Crippen LogP contribution in [0.15, 0.2) is 59.7 Å². The van der Waals surface area contributed by atoms with Crippen LogP contribution in [0.5, 0.6) is 0 Å². The van der Waals surface area contributed by atoms with Crippen LogP contribution in [-0.2, 0) is 0 Å². The molecule has 0 bridgehead atoms. The minimum atomic E-state index is 1.00. The predicted molar refractivity (Wildman–Crippen MR) is 87.8 cm³/mol. The van der Waals surface area contributed by atoms with Gasteiger partial charge in [0.05, 0.1) is 11.9 Å². The Morgan fingerprint density at radius 1 is 0.900 bits per heavy atom. The lowest BCUT2D eigenvalue weighted by molar-refractivity contribution is 0.968. The Balaban J connectivity index is 2.04. The molecular weight excluding hydrogens is 246 g/mol. The summed E-state index contributed by atoms with van der Waals surface area (Å²) in [6.45, 7) is 3.15. The number of benzene rings is 2. The smallest absolute Gasteiger partial charge is 0.0590 e. The summed E-state index contributed by atoms with van der Waals surface area (Å²) >= 11 is 0. The van der Waals surface area contributed by atoms with E-state index in [-0.39, 0.29) is 0 Å². The number of nitrogens with zero attached hydrogens (tertiary/aromatic N) is 3. The highest BCUT2D eigenvalue weighted by molar-refractivity contribution is 5.81. The van der Waals surface area contributed by atoms with Gasteiger partial charge in [-0.3, -0.25) is 5.01 Å². The van der Waals surface area contributed by atoms with Crippen LogP contribution in [-0.4, -0.2) is 26.9 Å². The van der Waals surface area contributed by atoms with Gasteiger partial charge in [0.2, 0.25) is 0 Å². The molecule has 0 aliphatic rings. The Bertz CT molecular complexity index is 546. The molecule has 0 spiro atoms. The van der Waals surface area contributed by atoms with E-state index >= 15 is 0 Å². The van der Waals surface area contributed by atoms with E-state index in [9.17, 15) is 0 Å². The second-order valence-corrected chi connectivity index (χ2v) is 4.71. The van der Waals surface area contributed by atoms with Gasteiger partial charge in [-0.25, -0.2) is 0 Å². The van der Waals surface area contributed by atoms with Crippen molar-refractivity contribution in [2.45, 2.75) is 6.92 Å². The highest BCUT2D eigenvalue weighted by Gasteiger charge is 1.98. The lowest BCUT2D eigenvalue weighted by Crippen LogP contribution is -2.15. The molecule has 0 heterocycles. The highest BCUT2D eigenvalue weighted by atomic mass is 15.4. The summed E-state index contributed by atoms with van der Waals surface area (Å²) < 4.78 is 0. The second kappa shape index (κ2) is 6.75. The molecule has 2 rings (SSSR count). The minimum Gasteiger partial charge on any atom is -0.375 e. The van der Waals surface area contributed by atoms with Crippen molar-refractivity contribution in [1.29, 1.82) is 0 Å². The average Bonchev–Trinajstić information content (AvgIpc) is 2.53. The summed E-state index contributed by atoms with van der Waals surface area (Å²) in [5.41, 5.74) is 3.40. The molecule has 0 radical (unpaired) electrons. The monoisotopic (exact) mass is 267 g/mol. The van der Waals surface area contributed by atoms with Gasteiger partial charge in [-0.1, -0.05) is 30.3 Å². The maximum atomic E-state index is 4.45. The Labute approximate surface area is 121 Å². The first-order valence-electron chi connectivity index (χ1n) is 6.84. The standard InChI is InChI=1S/C17H21N3/c1-4-19(2)16-12-10-15(11-13-16)14-18-20(3)17-8-6-5-7-9-17/h5-14H,4H2,1-3H3/b18-14-. The van der Waals surface area contributed by atoms with E-state index in [1.165, 1.54) is 5.69 Å². The van der Waals surface area contributed by atoms with Gasteiger partial charge in [0.25, 0.3) is 0 Å². The fourth-order valence-corrected chi connectivity index (χ4v) is 1.86. The molecule has 2 aromatic carbocycles. The number of para-hydroxylation sites is 1. The van der Waals surface area contributed by atoms with Gasteiger partial charge in [0, 0.05) is 26.3 Å². The van der Waals surface area contributed by atoms with Crippen LogP contribution in [0.25, 0.3) is 0 Å². The minimum absolute atomic E-state index is 1.00. The molecule has 3 heteroatoms. The van der Waals surface area contributed by atoms with Crippen LogP contribution in [0.1, 0.15) is 12.5 Å². The molecule has 20 heavy (non-hydrogen) atoms. The number of rotatable bonds is 5. The molecule has 104 valence electrons. The molecule has 0 atom stereocenters. The molecule has 0 unspecified atom stereocenters. The zero-order chi connectivity index (χ0) is 14.4. The van der Waals surface area contributed by atoms with Gasteiger partial charge in [-0.15, -0.1) is 0 Å². The number of hydrazone groups is 1. The van der Waals surface area contributed by atoms with Crippen molar-refractivity contribution >= 4 is 17.6 Å². The quantitative estimate of drug-likeness (QED) is 0.608. The number of anilines is 2.